The summed E-state index contributed by atoms with van der Waals surface area (Å²) in [6.07, 6.45) is 1.34. The van der Waals surface area contributed by atoms with Gasteiger partial charge in [0.25, 0.3) is 0 Å². The summed E-state index contributed by atoms with van der Waals surface area (Å²) < 4.78 is 10.3. The van der Waals surface area contributed by atoms with Gasteiger partial charge in [-0.1, -0.05) is 13.8 Å². The van der Waals surface area contributed by atoms with Gasteiger partial charge in [0.15, 0.2) is 5.82 Å². The lowest BCUT2D eigenvalue weighted by atomic mass is 10.1. The van der Waals surface area contributed by atoms with E-state index in [1.54, 1.807) is 21.0 Å². The summed E-state index contributed by atoms with van der Waals surface area (Å²) in [5, 5.41) is 0. The molecule has 0 saturated heterocycles. The second-order valence-corrected chi connectivity index (χ2v) is 4.35. The number of hydrogen-bond acceptors (Lipinski definition) is 5. The molecule has 0 amide bonds. The number of aromatic nitrogens is 2. The Hall–Kier alpha value is -1.49. The number of ether oxygens (including phenoxy) is 2. The second kappa shape index (κ2) is 6.44. The zero-order valence-electron chi connectivity index (χ0n) is 11.6. The van der Waals surface area contributed by atoms with Crippen LogP contribution in [0.3, 0.4) is 0 Å². The summed E-state index contributed by atoms with van der Waals surface area (Å²) in [5.74, 6) is 0.473. The number of methoxy groups -OCH3 is 1. The number of aryl methyl sites for hydroxylation is 1. The Kier molecular flexibility index (Phi) is 5.22. The molecule has 0 spiro atoms. The summed E-state index contributed by atoms with van der Waals surface area (Å²) in [5.41, 5.74) is 1.01. The van der Waals surface area contributed by atoms with E-state index in [0.29, 0.717) is 23.7 Å². The van der Waals surface area contributed by atoms with E-state index in [4.69, 9.17) is 9.47 Å². The molecule has 0 aliphatic heterocycles. The summed E-state index contributed by atoms with van der Waals surface area (Å²) in [6.45, 7) is 7.94. The lowest BCUT2D eigenvalue weighted by Gasteiger charge is -2.18. The molecule has 1 atom stereocenters. The third kappa shape index (κ3) is 3.26. The van der Waals surface area contributed by atoms with Crippen LogP contribution in [0.25, 0.3) is 0 Å². The molecule has 1 aromatic rings. The Morgan fingerprint density at radius 2 is 2.11 bits per heavy atom. The van der Waals surface area contributed by atoms with Gasteiger partial charge in [0.05, 0.1) is 17.9 Å². The van der Waals surface area contributed by atoms with Crippen LogP contribution >= 0.6 is 0 Å². The van der Waals surface area contributed by atoms with Crippen molar-refractivity contribution in [2.75, 3.05) is 13.7 Å². The van der Waals surface area contributed by atoms with E-state index in [-0.39, 0.29) is 18.0 Å². The molecule has 5 nitrogen and oxygen atoms in total. The largest absolute Gasteiger partial charge is 0.462 e. The molecule has 18 heavy (non-hydrogen) atoms. The average molecular weight is 252 g/mol. The fourth-order valence-electron chi connectivity index (χ4n) is 1.71. The first-order valence-electron chi connectivity index (χ1n) is 6.04. The quantitative estimate of drug-likeness (QED) is 0.752. The monoisotopic (exact) mass is 252 g/mol. The minimum Gasteiger partial charge on any atom is -0.462 e. The molecule has 0 saturated carbocycles. The van der Waals surface area contributed by atoms with Crippen LogP contribution in [0.2, 0.25) is 0 Å². The molecule has 0 aliphatic rings. The van der Waals surface area contributed by atoms with Crippen molar-refractivity contribution in [3.8, 4) is 0 Å². The van der Waals surface area contributed by atoms with Crippen molar-refractivity contribution in [3.63, 3.8) is 0 Å². The Bertz CT molecular complexity index is 419. The fraction of sp³-hybridized carbons (Fsp3) is 0.615. The zero-order chi connectivity index (χ0) is 13.7. The molecular formula is C13H20N2O3. The Morgan fingerprint density at radius 3 is 2.56 bits per heavy atom. The SMILES string of the molecule is CCOC(=O)c1cnc(C(OC)C(C)C)nc1C. The van der Waals surface area contributed by atoms with Crippen LogP contribution in [0.4, 0.5) is 0 Å². The number of rotatable bonds is 5. The molecular weight excluding hydrogens is 232 g/mol. The van der Waals surface area contributed by atoms with Crippen molar-refractivity contribution in [2.24, 2.45) is 5.92 Å². The number of carbonyl (C=O) groups excluding carboxylic acids is 1. The van der Waals surface area contributed by atoms with Crippen LogP contribution in [-0.4, -0.2) is 29.7 Å². The lowest BCUT2D eigenvalue weighted by molar-refractivity contribution is 0.0515. The first kappa shape index (κ1) is 14.6. The first-order valence-corrected chi connectivity index (χ1v) is 6.04. The van der Waals surface area contributed by atoms with Crippen molar-refractivity contribution >= 4 is 5.97 Å². The molecule has 0 bridgehead atoms. The lowest BCUT2D eigenvalue weighted by Crippen LogP contribution is -2.16. The van der Waals surface area contributed by atoms with Crippen molar-refractivity contribution < 1.29 is 14.3 Å². The average Bonchev–Trinajstić information content (AvgIpc) is 2.29. The van der Waals surface area contributed by atoms with E-state index in [2.05, 4.69) is 9.97 Å². The van der Waals surface area contributed by atoms with Gasteiger partial charge in [0, 0.05) is 13.3 Å². The Balaban J connectivity index is 3.01. The number of hydrogen-bond donors (Lipinski definition) is 0. The molecule has 0 fully saturated rings. The van der Waals surface area contributed by atoms with Crippen molar-refractivity contribution in [3.05, 3.63) is 23.3 Å². The van der Waals surface area contributed by atoms with Gasteiger partial charge in [0.2, 0.25) is 0 Å². The van der Waals surface area contributed by atoms with Crippen LogP contribution in [0.5, 0.6) is 0 Å². The Morgan fingerprint density at radius 1 is 1.44 bits per heavy atom. The minimum atomic E-state index is -0.389. The molecule has 0 aromatic carbocycles. The minimum absolute atomic E-state index is 0.167. The van der Waals surface area contributed by atoms with Gasteiger partial charge in [-0.3, -0.25) is 0 Å². The van der Waals surface area contributed by atoms with E-state index in [0.717, 1.165) is 0 Å². The van der Waals surface area contributed by atoms with Gasteiger partial charge in [0.1, 0.15) is 6.10 Å². The highest BCUT2D eigenvalue weighted by Crippen LogP contribution is 2.22. The highest BCUT2D eigenvalue weighted by atomic mass is 16.5. The highest BCUT2D eigenvalue weighted by Gasteiger charge is 2.20. The van der Waals surface area contributed by atoms with Crippen LogP contribution in [0.1, 0.15) is 48.8 Å². The van der Waals surface area contributed by atoms with Gasteiger partial charge < -0.3 is 9.47 Å². The van der Waals surface area contributed by atoms with Gasteiger partial charge in [-0.15, -0.1) is 0 Å². The summed E-state index contributed by atoms with van der Waals surface area (Å²) >= 11 is 0. The molecule has 1 aromatic heterocycles. The predicted octanol–water partition coefficient (Wildman–Crippen LogP) is 2.31. The van der Waals surface area contributed by atoms with E-state index < -0.39 is 0 Å². The van der Waals surface area contributed by atoms with Gasteiger partial charge >= 0.3 is 5.97 Å². The molecule has 1 rings (SSSR count). The van der Waals surface area contributed by atoms with Crippen LogP contribution in [0.15, 0.2) is 6.20 Å². The van der Waals surface area contributed by atoms with Crippen LogP contribution < -0.4 is 0 Å². The molecule has 1 unspecified atom stereocenters. The second-order valence-electron chi connectivity index (χ2n) is 4.35. The van der Waals surface area contributed by atoms with Crippen molar-refractivity contribution in [1.82, 2.24) is 9.97 Å². The smallest absolute Gasteiger partial charge is 0.341 e. The molecule has 0 radical (unpaired) electrons. The Labute approximate surface area is 108 Å². The van der Waals surface area contributed by atoms with Crippen molar-refractivity contribution in [2.45, 2.75) is 33.8 Å². The van der Waals surface area contributed by atoms with Gasteiger partial charge in [-0.05, 0) is 19.8 Å². The number of nitrogens with zero attached hydrogens (tertiary/aromatic N) is 2. The van der Waals surface area contributed by atoms with E-state index >= 15 is 0 Å². The van der Waals surface area contributed by atoms with Gasteiger partial charge in [-0.25, -0.2) is 14.8 Å². The normalized spacial score (nSPS) is 12.6. The maximum absolute atomic E-state index is 11.6. The molecule has 100 valence electrons. The zero-order valence-corrected chi connectivity index (χ0v) is 11.6. The highest BCUT2D eigenvalue weighted by molar-refractivity contribution is 5.90. The molecule has 0 N–H and O–H groups in total. The van der Waals surface area contributed by atoms with E-state index in [1.165, 1.54) is 6.20 Å². The van der Waals surface area contributed by atoms with Crippen LogP contribution in [-0.2, 0) is 9.47 Å². The summed E-state index contributed by atoms with van der Waals surface area (Å²) in [6, 6.07) is 0. The molecule has 5 heteroatoms. The standard InChI is InChI=1S/C13H20N2O3/c1-6-18-13(16)10-7-14-12(15-9(10)4)11(17-5)8(2)3/h7-8,11H,6H2,1-5H3. The van der Waals surface area contributed by atoms with Gasteiger partial charge in [-0.2, -0.15) is 0 Å². The van der Waals surface area contributed by atoms with Crippen molar-refractivity contribution in [1.29, 1.82) is 0 Å². The molecule has 1 heterocycles. The van der Waals surface area contributed by atoms with E-state index in [1.807, 2.05) is 13.8 Å². The topological polar surface area (TPSA) is 61.3 Å². The first-order chi connectivity index (χ1) is 8.51. The summed E-state index contributed by atoms with van der Waals surface area (Å²) in [4.78, 5) is 20.1. The maximum atomic E-state index is 11.6. The van der Waals surface area contributed by atoms with Crippen LogP contribution in [0, 0.1) is 12.8 Å². The third-order valence-corrected chi connectivity index (χ3v) is 2.61. The fourth-order valence-corrected chi connectivity index (χ4v) is 1.71. The summed E-state index contributed by atoms with van der Waals surface area (Å²) in [7, 11) is 1.63. The predicted molar refractivity (Wildman–Crippen MR) is 67.3 cm³/mol. The van der Waals surface area contributed by atoms with E-state index in [9.17, 15) is 4.79 Å². The maximum Gasteiger partial charge on any atom is 0.341 e. The molecule has 0 aliphatic carbocycles. The number of carbonyl (C=O) groups is 1. The third-order valence-electron chi connectivity index (χ3n) is 2.61. The number of esters is 1.